The molecule has 3 aromatic rings. The second-order valence-corrected chi connectivity index (χ2v) is 9.80. The quantitative estimate of drug-likeness (QED) is 0.459. The molecule has 1 unspecified atom stereocenters. The van der Waals surface area contributed by atoms with Gasteiger partial charge in [-0.1, -0.05) is 60.7 Å². The first-order valence-electron chi connectivity index (χ1n) is 8.48. The first-order valence-corrected chi connectivity index (χ1v) is 10.3. The highest BCUT2D eigenvalue weighted by atomic mass is 31.2. The van der Waals surface area contributed by atoms with E-state index in [-0.39, 0.29) is 0 Å². The minimum atomic E-state index is -1.75. The molecule has 120 valence electrons. The molecule has 0 saturated carbocycles. The molecule has 0 radical (unpaired) electrons. The molecule has 24 heavy (non-hydrogen) atoms. The van der Waals surface area contributed by atoms with Gasteiger partial charge in [-0.05, 0) is 56.3 Å². The maximum atomic E-state index is 2.36. The molecule has 0 aromatic heterocycles. The van der Waals surface area contributed by atoms with Crippen LogP contribution in [0.4, 0.5) is 0 Å². The normalized spacial score (nSPS) is 13.1. The molecule has 0 N–H and O–H groups in total. The third-order valence-electron chi connectivity index (χ3n) is 4.57. The van der Waals surface area contributed by atoms with Crippen molar-refractivity contribution < 1.29 is 0 Å². The molecule has 0 aliphatic rings. The van der Waals surface area contributed by atoms with Crippen molar-refractivity contribution in [1.29, 1.82) is 0 Å². The van der Waals surface area contributed by atoms with Crippen LogP contribution in [0.25, 0.3) is 0 Å². The lowest BCUT2D eigenvalue weighted by atomic mass is 10.3. The number of benzene rings is 3. The van der Waals surface area contributed by atoms with Gasteiger partial charge in [-0.15, -0.1) is 0 Å². The topological polar surface area (TPSA) is 0 Å². The van der Waals surface area contributed by atoms with E-state index in [9.17, 15) is 0 Å². The third kappa shape index (κ3) is 2.95. The Kier molecular flexibility index (Phi) is 5.28. The monoisotopic (exact) mass is 331 g/mol. The summed E-state index contributed by atoms with van der Waals surface area (Å²) in [4.78, 5) is 0. The van der Waals surface area contributed by atoms with Gasteiger partial charge in [0, 0.05) is 0 Å². The largest absolute Gasteiger partial charge is 0.118 e. The maximum Gasteiger partial charge on any atom is 0.118 e. The Morgan fingerprint density at radius 3 is 1.25 bits per heavy atom. The van der Waals surface area contributed by atoms with Crippen molar-refractivity contribution in [2.75, 3.05) is 0 Å². The lowest BCUT2D eigenvalue weighted by Crippen LogP contribution is -2.36. The average Bonchev–Trinajstić information content (AvgIpc) is 2.65. The average molecular weight is 331 g/mol. The van der Waals surface area contributed by atoms with Gasteiger partial charge >= 0.3 is 0 Å². The molecule has 0 nitrogen and oxygen atoms in total. The third-order valence-corrected chi connectivity index (χ3v) is 9.30. The van der Waals surface area contributed by atoms with E-state index in [4.69, 9.17) is 0 Å². The number of allylic oxidation sites excluding steroid dienone is 2. The lowest BCUT2D eigenvalue weighted by molar-refractivity contribution is 1.21. The molecule has 0 fully saturated rings. The predicted octanol–water partition coefficient (Wildman–Crippen LogP) is 4.95. The van der Waals surface area contributed by atoms with Gasteiger partial charge in [-0.2, -0.15) is 0 Å². The summed E-state index contributed by atoms with van der Waals surface area (Å²) in [5.74, 6) is 0. The predicted molar refractivity (Wildman–Crippen MR) is 109 cm³/mol. The second kappa shape index (κ2) is 7.60. The van der Waals surface area contributed by atoms with E-state index in [2.05, 4.69) is 117 Å². The summed E-state index contributed by atoms with van der Waals surface area (Å²) in [6.07, 6.45) is 4.55. The minimum Gasteiger partial charge on any atom is -0.0878 e. The van der Waals surface area contributed by atoms with Crippen molar-refractivity contribution in [3.05, 3.63) is 103 Å². The SMILES string of the molecule is C/C=C\C(C)[P+](c1ccccc1)(c1ccccc1)c1ccccc1. The Balaban J connectivity index is 2.37. The van der Waals surface area contributed by atoms with E-state index in [0.717, 1.165) is 0 Å². The molecule has 0 saturated heterocycles. The molecule has 3 rings (SSSR count). The fourth-order valence-electron chi connectivity index (χ4n) is 3.55. The lowest BCUT2D eigenvalue weighted by Gasteiger charge is -2.31. The first-order chi connectivity index (χ1) is 11.8. The minimum absolute atomic E-state index is 0.440. The van der Waals surface area contributed by atoms with Gasteiger partial charge in [0.1, 0.15) is 23.2 Å². The molecular weight excluding hydrogens is 307 g/mol. The van der Waals surface area contributed by atoms with Gasteiger partial charge < -0.3 is 0 Å². The van der Waals surface area contributed by atoms with Crippen LogP contribution in [0, 0.1) is 0 Å². The molecule has 1 heteroatoms. The summed E-state index contributed by atoms with van der Waals surface area (Å²) in [6, 6.07) is 33.1. The van der Waals surface area contributed by atoms with E-state index in [1.807, 2.05) is 0 Å². The molecule has 0 aliphatic heterocycles. The zero-order valence-corrected chi connectivity index (χ0v) is 15.2. The molecule has 1 atom stereocenters. The Labute approximate surface area is 146 Å². The smallest absolute Gasteiger partial charge is 0.0878 e. The number of hydrogen-bond acceptors (Lipinski definition) is 0. The molecule has 3 aromatic carbocycles. The van der Waals surface area contributed by atoms with E-state index < -0.39 is 7.26 Å². The van der Waals surface area contributed by atoms with Crippen LogP contribution < -0.4 is 15.9 Å². The molecule has 0 bridgehead atoms. The molecule has 0 amide bonds. The fourth-order valence-corrected chi connectivity index (χ4v) is 8.21. The van der Waals surface area contributed by atoms with Crippen molar-refractivity contribution in [2.24, 2.45) is 0 Å². The standard InChI is InChI=1S/C23H24P/c1-3-13-20(2)24(21-14-7-4-8-15-21,22-16-9-5-10-17-22)23-18-11-6-12-19-23/h3-20H,1-2H3/q+1/b13-3-. The van der Waals surface area contributed by atoms with Crippen molar-refractivity contribution in [3.8, 4) is 0 Å². The number of rotatable bonds is 5. The van der Waals surface area contributed by atoms with Crippen molar-refractivity contribution >= 4 is 23.2 Å². The van der Waals surface area contributed by atoms with Crippen LogP contribution in [0.3, 0.4) is 0 Å². The Morgan fingerprint density at radius 1 is 0.625 bits per heavy atom. The van der Waals surface area contributed by atoms with Crippen LogP contribution in [-0.2, 0) is 0 Å². The van der Waals surface area contributed by atoms with Crippen molar-refractivity contribution in [2.45, 2.75) is 19.5 Å². The first kappa shape index (κ1) is 16.7. The van der Waals surface area contributed by atoms with Crippen LogP contribution in [0.1, 0.15) is 13.8 Å². The van der Waals surface area contributed by atoms with Crippen LogP contribution in [-0.4, -0.2) is 5.66 Å². The number of hydrogen-bond donors (Lipinski definition) is 0. The van der Waals surface area contributed by atoms with Gasteiger partial charge in [-0.3, -0.25) is 0 Å². The van der Waals surface area contributed by atoms with Gasteiger partial charge in [0.25, 0.3) is 0 Å². The van der Waals surface area contributed by atoms with Crippen molar-refractivity contribution in [3.63, 3.8) is 0 Å². The second-order valence-electron chi connectivity index (χ2n) is 6.00. The fraction of sp³-hybridized carbons (Fsp3) is 0.130. The van der Waals surface area contributed by atoms with Crippen molar-refractivity contribution in [1.82, 2.24) is 0 Å². The summed E-state index contributed by atoms with van der Waals surface area (Å²) in [7, 11) is -1.75. The van der Waals surface area contributed by atoms with Gasteiger partial charge in [0.15, 0.2) is 0 Å². The zero-order valence-electron chi connectivity index (χ0n) is 14.3. The van der Waals surface area contributed by atoms with Crippen LogP contribution in [0.15, 0.2) is 103 Å². The summed E-state index contributed by atoms with van der Waals surface area (Å²) < 4.78 is 0. The zero-order chi connectivity index (χ0) is 16.8. The molecule has 0 heterocycles. The Morgan fingerprint density at radius 2 is 0.958 bits per heavy atom. The maximum absolute atomic E-state index is 2.36. The van der Waals surface area contributed by atoms with E-state index in [0.29, 0.717) is 5.66 Å². The summed E-state index contributed by atoms with van der Waals surface area (Å²) in [5.41, 5.74) is 0.440. The van der Waals surface area contributed by atoms with E-state index in [1.54, 1.807) is 0 Å². The van der Waals surface area contributed by atoms with E-state index in [1.165, 1.54) is 15.9 Å². The molecule has 0 spiro atoms. The highest BCUT2D eigenvalue weighted by molar-refractivity contribution is 7.96. The Bertz CT molecular complexity index is 679. The van der Waals surface area contributed by atoms with Gasteiger partial charge in [0.2, 0.25) is 0 Å². The highest BCUT2D eigenvalue weighted by Gasteiger charge is 2.49. The van der Waals surface area contributed by atoms with Gasteiger partial charge in [-0.25, -0.2) is 0 Å². The summed E-state index contributed by atoms with van der Waals surface area (Å²) in [6.45, 7) is 4.48. The highest BCUT2D eigenvalue weighted by Crippen LogP contribution is 2.59. The van der Waals surface area contributed by atoms with Crippen LogP contribution in [0.2, 0.25) is 0 Å². The summed E-state index contributed by atoms with van der Waals surface area (Å²) in [5, 5.41) is 4.31. The molecule has 0 aliphatic carbocycles. The van der Waals surface area contributed by atoms with E-state index >= 15 is 0 Å². The van der Waals surface area contributed by atoms with Gasteiger partial charge in [0.05, 0.1) is 5.66 Å². The van der Waals surface area contributed by atoms with Crippen LogP contribution in [0.5, 0.6) is 0 Å². The molecular formula is C23H24P+. The Hall–Kier alpha value is -2.17. The summed E-state index contributed by atoms with van der Waals surface area (Å²) >= 11 is 0. The van der Waals surface area contributed by atoms with Crippen LogP contribution >= 0.6 is 7.26 Å².